The first-order valence-corrected chi connectivity index (χ1v) is 8.83. The molecule has 2 fully saturated rings. The summed E-state index contributed by atoms with van der Waals surface area (Å²) in [4.78, 5) is 32.9. The monoisotopic (exact) mass is 386 g/mol. The Kier molecular flexibility index (Phi) is 7.04. The van der Waals surface area contributed by atoms with Gasteiger partial charge in [0.25, 0.3) is 5.91 Å². The summed E-state index contributed by atoms with van der Waals surface area (Å²) in [6.45, 7) is 2.89. The van der Waals surface area contributed by atoms with Gasteiger partial charge in [-0.15, -0.1) is 12.4 Å². The number of carbonyl (C=O) groups is 2. The number of amides is 2. The van der Waals surface area contributed by atoms with Crippen molar-refractivity contribution in [3.63, 3.8) is 0 Å². The third kappa shape index (κ3) is 4.43. The zero-order chi connectivity index (χ0) is 17.1. The Morgan fingerprint density at radius 3 is 2.88 bits per heavy atom. The topological polar surface area (TPSA) is 65.5 Å². The van der Waals surface area contributed by atoms with Crippen LogP contribution in [-0.4, -0.2) is 65.9 Å². The van der Waals surface area contributed by atoms with E-state index in [1.165, 1.54) is 6.20 Å². The molecule has 1 aromatic heterocycles. The smallest absolute Gasteiger partial charge is 0.272 e. The first kappa shape index (κ1) is 19.9. The van der Waals surface area contributed by atoms with Crippen molar-refractivity contribution in [1.29, 1.82) is 0 Å². The molecule has 2 saturated heterocycles. The molecule has 6 nitrogen and oxygen atoms in total. The number of nitrogens with one attached hydrogen (secondary N) is 1. The van der Waals surface area contributed by atoms with Crippen LogP contribution in [0.15, 0.2) is 18.3 Å². The van der Waals surface area contributed by atoms with Crippen LogP contribution in [0.4, 0.5) is 0 Å². The van der Waals surface area contributed by atoms with Crippen molar-refractivity contribution < 1.29 is 9.59 Å². The van der Waals surface area contributed by atoms with Crippen LogP contribution >= 0.6 is 24.0 Å². The normalized spacial score (nSPS) is 23.0. The van der Waals surface area contributed by atoms with Gasteiger partial charge in [0.1, 0.15) is 5.69 Å². The average molecular weight is 387 g/mol. The number of rotatable bonds is 4. The highest BCUT2D eigenvalue weighted by molar-refractivity contribution is 6.30. The van der Waals surface area contributed by atoms with E-state index in [1.807, 2.05) is 16.8 Å². The van der Waals surface area contributed by atoms with Crippen LogP contribution in [0.25, 0.3) is 0 Å². The Labute approximate surface area is 159 Å². The molecular formula is C17H24Cl2N4O2. The third-order valence-electron chi connectivity index (χ3n) is 4.98. The lowest BCUT2D eigenvalue weighted by Gasteiger charge is -2.47. The minimum Gasteiger partial charge on any atom is -0.338 e. The van der Waals surface area contributed by atoms with Crippen LogP contribution in [0, 0.1) is 5.92 Å². The van der Waals surface area contributed by atoms with Crippen molar-refractivity contribution in [2.24, 2.45) is 5.92 Å². The van der Waals surface area contributed by atoms with Gasteiger partial charge >= 0.3 is 0 Å². The lowest BCUT2D eigenvalue weighted by Crippen LogP contribution is -2.57. The molecule has 2 aliphatic heterocycles. The number of pyridine rings is 1. The molecule has 25 heavy (non-hydrogen) atoms. The van der Waals surface area contributed by atoms with Crippen molar-refractivity contribution in [3.8, 4) is 0 Å². The lowest BCUT2D eigenvalue weighted by atomic mass is 9.83. The molecule has 0 unspecified atom stereocenters. The minimum atomic E-state index is -0.0520. The molecule has 0 saturated carbocycles. The molecule has 1 N–H and O–H groups in total. The quantitative estimate of drug-likeness (QED) is 0.856. The van der Waals surface area contributed by atoms with Gasteiger partial charge in [-0.1, -0.05) is 11.6 Å². The first-order valence-electron chi connectivity index (χ1n) is 8.45. The Morgan fingerprint density at radius 2 is 2.20 bits per heavy atom. The fourth-order valence-electron chi connectivity index (χ4n) is 3.72. The van der Waals surface area contributed by atoms with E-state index in [4.69, 9.17) is 11.6 Å². The summed E-state index contributed by atoms with van der Waals surface area (Å²) < 4.78 is 0. The number of hydrogen-bond acceptors (Lipinski definition) is 4. The van der Waals surface area contributed by atoms with Crippen LogP contribution < -0.4 is 5.32 Å². The maximum absolute atomic E-state index is 12.6. The van der Waals surface area contributed by atoms with Gasteiger partial charge in [-0.25, -0.2) is 4.98 Å². The number of aromatic nitrogens is 1. The number of nitrogens with zero attached hydrogens (tertiary/aromatic N) is 3. The van der Waals surface area contributed by atoms with Crippen LogP contribution in [0.5, 0.6) is 0 Å². The van der Waals surface area contributed by atoms with Gasteiger partial charge in [-0.05, 0) is 37.9 Å². The Hall–Kier alpha value is -1.37. The molecule has 0 radical (unpaired) electrons. The van der Waals surface area contributed by atoms with Crippen molar-refractivity contribution >= 4 is 35.8 Å². The molecule has 2 amide bonds. The predicted octanol–water partition coefficient (Wildman–Crippen LogP) is 1.83. The van der Waals surface area contributed by atoms with E-state index >= 15 is 0 Å². The summed E-state index contributed by atoms with van der Waals surface area (Å²) in [6, 6.07) is 3.61. The first-order chi connectivity index (χ1) is 11.6. The van der Waals surface area contributed by atoms with Crippen molar-refractivity contribution in [2.45, 2.75) is 25.3 Å². The minimum absolute atomic E-state index is 0. The number of fused-ring (bicyclic) bond motifs is 1. The van der Waals surface area contributed by atoms with Gasteiger partial charge in [-0.2, -0.15) is 0 Å². The van der Waals surface area contributed by atoms with Crippen LogP contribution in [0.2, 0.25) is 5.02 Å². The Morgan fingerprint density at radius 1 is 1.40 bits per heavy atom. The van der Waals surface area contributed by atoms with Gasteiger partial charge in [0.15, 0.2) is 0 Å². The van der Waals surface area contributed by atoms with Gasteiger partial charge < -0.3 is 15.1 Å². The van der Waals surface area contributed by atoms with Crippen LogP contribution in [0.3, 0.4) is 0 Å². The van der Waals surface area contributed by atoms with Crippen molar-refractivity contribution in [1.82, 2.24) is 20.1 Å². The Bertz CT molecular complexity index is 611. The molecular weight excluding hydrogens is 363 g/mol. The van der Waals surface area contributed by atoms with E-state index < -0.39 is 0 Å². The molecule has 3 rings (SSSR count). The maximum atomic E-state index is 12.6. The van der Waals surface area contributed by atoms with E-state index in [0.717, 1.165) is 25.9 Å². The van der Waals surface area contributed by atoms with Crippen molar-refractivity contribution in [2.75, 3.05) is 33.2 Å². The summed E-state index contributed by atoms with van der Waals surface area (Å²) in [6.07, 6.45) is 3.77. The summed E-state index contributed by atoms with van der Waals surface area (Å²) in [7, 11) is 1.90. The highest BCUT2D eigenvalue weighted by atomic mass is 35.5. The Balaban J connectivity index is 0.00000225. The van der Waals surface area contributed by atoms with Gasteiger partial charge in [-0.3, -0.25) is 9.59 Å². The van der Waals surface area contributed by atoms with E-state index in [9.17, 15) is 9.59 Å². The molecule has 2 aliphatic rings. The van der Waals surface area contributed by atoms with E-state index in [-0.39, 0.29) is 30.3 Å². The zero-order valence-electron chi connectivity index (χ0n) is 14.3. The molecule has 1 aromatic rings. The fourth-order valence-corrected chi connectivity index (χ4v) is 3.83. The summed E-state index contributed by atoms with van der Waals surface area (Å²) in [5, 5.41) is 3.63. The number of carbonyl (C=O) groups excluding carboxylic acids is 2. The molecule has 0 bridgehead atoms. The van der Waals surface area contributed by atoms with Crippen LogP contribution in [-0.2, 0) is 4.79 Å². The lowest BCUT2D eigenvalue weighted by molar-refractivity contribution is -0.140. The molecule has 0 spiro atoms. The van der Waals surface area contributed by atoms with E-state index in [0.29, 0.717) is 36.1 Å². The third-order valence-corrected chi connectivity index (χ3v) is 5.20. The van der Waals surface area contributed by atoms with E-state index in [1.54, 1.807) is 12.1 Å². The SMILES string of the molecule is CNCCN1C(=O)CC[C@H]2CN(C(=O)c3ccc(Cl)cn3)CC[C@H]21.Cl. The highest BCUT2D eigenvalue weighted by Crippen LogP contribution is 2.31. The number of likely N-dealkylation sites (N-methyl/N-ethyl adjacent to an activating group) is 1. The molecule has 0 aromatic carbocycles. The maximum Gasteiger partial charge on any atom is 0.272 e. The fraction of sp³-hybridized carbons (Fsp3) is 0.588. The molecule has 0 aliphatic carbocycles. The number of hydrogen-bond donors (Lipinski definition) is 1. The second-order valence-corrected chi connectivity index (χ2v) is 6.89. The van der Waals surface area contributed by atoms with Gasteiger partial charge in [0.05, 0.1) is 5.02 Å². The van der Waals surface area contributed by atoms with Crippen LogP contribution in [0.1, 0.15) is 29.8 Å². The molecule has 2 atom stereocenters. The molecule has 3 heterocycles. The largest absolute Gasteiger partial charge is 0.338 e. The summed E-state index contributed by atoms with van der Waals surface area (Å²) in [5.74, 6) is 0.541. The number of halogens is 2. The second kappa shape index (κ2) is 8.83. The van der Waals surface area contributed by atoms with Crippen molar-refractivity contribution in [3.05, 3.63) is 29.0 Å². The van der Waals surface area contributed by atoms with Gasteiger partial charge in [0.2, 0.25) is 5.91 Å². The summed E-state index contributed by atoms with van der Waals surface area (Å²) in [5.41, 5.74) is 0.428. The standard InChI is InChI=1S/C17H23ClN4O2.ClH/c1-19-7-9-22-15-6-8-21(11-12(15)2-5-16(22)23)17(24)14-4-3-13(18)10-20-14;/h3-4,10,12,15,19H,2,5-9,11H2,1H3;1H/t12-,15+;/m0./s1. The molecule has 8 heteroatoms. The van der Waals surface area contributed by atoms with E-state index in [2.05, 4.69) is 10.3 Å². The highest BCUT2D eigenvalue weighted by Gasteiger charge is 2.40. The number of piperidine rings is 2. The van der Waals surface area contributed by atoms with Gasteiger partial charge in [0, 0.05) is 44.8 Å². The average Bonchev–Trinajstić information content (AvgIpc) is 2.60. The summed E-state index contributed by atoms with van der Waals surface area (Å²) >= 11 is 5.83. The predicted molar refractivity (Wildman–Crippen MR) is 99.2 cm³/mol. The zero-order valence-corrected chi connectivity index (χ0v) is 15.9. The number of likely N-dealkylation sites (tertiary alicyclic amines) is 2. The molecule has 138 valence electrons. The second-order valence-electron chi connectivity index (χ2n) is 6.46.